The highest BCUT2D eigenvalue weighted by Crippen LogP contribution is 2.17. The zero-order valence-corrected chi connectivity index (χ0v) is 15.1. The molecule has 2 N–H and O–H groups in total. The number of rotatable bonds is 6. The molecule has 0 spiro atoms. The smallest absolute Gasteiger partial charge is 0.276 e. The van der Waals surface area contributed by atoms with Crippen LogP contribution in [0.4, 0.5) is 11.5 Å². The van der Waals surface area contributed by atoms with Gasteiger partial charge in [0.1, 0.15) is 5.82 Å². The molecule has 0 saturated heterocycles. The molecule has 1 amide bonds. The number of benzene rings is 2. The Morgan fingerprint density at radius 1 is 0.889 bits per heavy atom. The van der Waals surface area contributed by atoms with Crippen LogP contribution in [0, 0.1) is 0 Å². The summed E-state index contributed by atoms with van der Waals surface area (Å²) >= 11 is 0. The molecular formula is C21H20N4O2. The van der Waals surface area contributed by atoms with Crippen LogP contribution in [0.3, 0.4) is 0 Å². The highest BCUT2D eigenvalue weighted by molar-refractivity contribution is 6.03. The molecular weight excluding hydrogens is 340 g/mol. The number of carbonyl (C=O) groups is 2. The highest BCUT2D eigenvalue weighted by Gasteiger charge is 2.11. The van der Waals surface area contributed by atoms with E-state index in [0.29, 0.717) is 17.1 Å². The Kier molecular flexibility index (Phi) is 5.56. The first kappa shape index (κ1) is 18.3. The Morgan fingerprint density at radius 3 is 2.19 bits per heavy atom. The van der Waals surface area contributed by atoms with Gasteiger partial charge in [-0.15, -0.1) is 10.2 Å². The first-order valence-electron chi connectivity index (χ1n) is 8.60. The Balaban J connectivity index is 1.62. The summed E-state index contributed by atoms with van der Waals surface area (Å²) in [5, 5.41) is 14.1. The third kappa shape index (κ3) is 4.76. The molecule has 6 nitrogen and oxygen atoms in total. The van der Waals surface area contributed by atoms with Crippen LogP contribution in [0.15, 0.2) is 66.7 Å². The second kappa shape index (κ2) is 8.23. The number of nitrogens with one attached hydrogen (secondary N) is 2. The average molecular weight is 360 g/mol. The molecule has 0 saturated carbocycles. The summed E-state index contributed by atoms with van der Waals surface area (Å²) in [5.41, 5.74) is 2.53. The van der Waals surface area contributed by atoms with Gasteiger partial charge in [0.05, 0.1) is 0 Å². The predicted octanol–water partition coefficient (Wildman–Crippen LogP) is 4.10. The molecule has 0 bridgehead atoms. The second-order valence-corrected chi connectivity index (χ2v) is 6.17. The van der Waals surface area contributed by atoms with Crippen molar-refractivity contribution >= 4 is 23.2 Å². The molecule has 0 aliphatic carbocycles. The number of ketones is 1. The van der Waals surface area contributed by atoms with E-state index in [1.165, 1.54) is 6.92 Å². The fraction of sp³-hybridized carbons (Fsp3) is 0.143. The van der Waals surface area contributed by atoms with Gasteiger partial charge in [-0.2, -0.15) is 0 Å². The zero-order chi connectivity index (χ0) is 19.2. The summed E-state index contributed by atoms with van der Waals surface area (Å²) in [5.74, 6) is 0.209. The number of Topliss-reactive ketones (excluding diaryl/α,β-unsaturated/α-hetero) is 1. The molecule has 3 aromatic rings. The minimum atomic E-state index is -0.360. The van der Waals surface area contributed by atoms with E-state index in [1.54, 1.807) is 36.4 Å². The van der Waals surface area contributed by atoms with Crippen LogP contribution >= 0.6 is 0 Å². The Morgan fingerprint density at radius 2 is 1.59 bits per heavy atom. The molecule has 1 aromatic heterocycles. The maximum Gasteiger partial charge on any atom is 0.276 e. The van der Waals surface area contributed by atoms with E-state index in [9.17, 15) is 9.59 Å². The lowest BCUT2D eigenvalue weighted by atomic mass is 10.1. The number of aromatic nitrogens is 2. The third-order valence-corrected chi connectivity index (χ3v) is 4.11. The molecule has 1 heterocycles. The molecule has 27 heavy (non-hydrogen) atoms. The van der Waals surface area contributed by atoms with Crippen LogP contribution in [0.5, 0.6) is 0 Å². The van der Waals surface area contributed by atoms with Crippen LogP contribution in [-0.2, 0) is 0 Å². The van der Waals surface area contributed by atoms with Gasteiger partial charge in [-0.1, -0.05) is 30.3 Å². The first-order chi connectivity index (χ1) is 13.0. The van der Waals surface area contributed by atoms with Crippen LogP contribution in [-0.4, -0.2) is 21.9 Å². The minimum absolute atomic E-state index is 0.0217. The SMILES string of the molecule is CC(=O)c1ccc(NC(=O)c2ccc(NC(C)c3ccccc3)nn2)cc1. The van der Waals surface area contributed by atoms with Gasteiger partial charge >= 0.3 is 0 Å². The fourth-order valence-electron chi connectivity index (χ4n) is 2.56. The van der Waals surface area contributed by atoms with Crippen molar-refractivity contribution in [3.8, 4) is 0 Å². The molecule has 2 aromatic carbocycles. The van der Waals surface area contributed by atoms with E-state index in [1.807, 2.05) is 37.3 Å². The van der Waals surface area contributed by atoms with Crippen molar-refractivity contribution in [1.82, 2.24) is 10.2 Å². The standard InChI is InChI=1S/C21H20N4O2/c1-14(16-6-4-3-5-7-16)22-20-13-12-19(24-25-20)21(27)23-18-10-8-17(9-11-18)15(2)26/h3-14H,1-2H3,(H,22,25)(H,23,27). The lowest BCUT2D eigenvalue weighted by molar-refractivity contribution is 0.101. The number of hydrogen-bond donors (Lipinski definition) is 2. The summed E-state index contributed by atoms with van der Waals surface area (Å²) < 4.78 is 0. The van der Waals surface area contributed by atoms with Gasteiger partial charge in [0, 0.05) is 17.3 Å². The van der Waals surface area contributed by atoms with Gasteiger partial charge in [0.15, 0.2) is 11.5 Å². The average Bonchev–Trinajstić information content (AvgIpc) is 2.69. The van der Waals surface area contributed by atoms with Crippen molar-refractivity contribution in [2.24, 2.45) is 0 Å². The molecule has 1 unspecified atom stereocenters. The maximum atomic E-state index is 12.3. The van der Waals surface area contributed by atoms with Gasteiger partial charge in [-0.25, -0.2) is 0 Å². The molecule has 0 aliphatic heterocycles. The largest absolute Gasteiger partial charge is 0.362 e. The van der Waals surface area contributed by atoms with Crippen LogP contribution in [0.1, 0.15) is 46.3 Å². The Bertz CT molecular complexity index is 923. The maximum absolute atomic E-state index is 12.3. The lowest BCUT2D eigenvalue weighted by Crippen LogP contribution is -2.15. The first-order valence-corrected chi connectivity index (χ1v) is 8.60. The number of amides is 1. The van der Waals surface area contributed by atoms with Crippen molar-refractivity contribution < 1.29 is 9.59 Å². The van der Waals surface area contributed by atoms with Gasteiger partial charge < -0.3 is 10.6 Å². The Hall–Kier alpha value is -3.54. The third-order valence-electron chi connectivity index (χ3n) is 4.11. The van der Waals surface area contributed by atoms with Crippen LogP contribution in [0.25, 0.3) is 0 Å². The Labute approximate surface area is 157 Å². The summed E-state index contributed by atoms with van der Waals surface area (Å²) in [6, 6.07) is 20.1. The minimum Gasteiger partial charge on any atom is -0.362 e. The number of carbonyl (C=O) groups excluding carboxylic acids is 2. The van der Waals surface area contributed by atoms with Gasteiger partial charge in [0.25, 0.3) is 5.91 Å². The zero-order valence-electron chi connectivity index (χ0n) is 15.1. The monoisotopic (exact) mass is 360 g/mol. The van der Waals surface area contributed by atoms with Gasteiger partial charge in [-0.3, -0.25) is 9.59 Å². The van der Waals surface area contributed by atoms with E-state index in [-0.39, 0.29) is 23.4 Å². The second-order valence-electron chi connectivity index (χ2n) is 6.17. The van der Waals surface area contributed by atoms with Crippen molar-refractivity contribution in [1.29, 1.82) is 0 Å². The normalized spacial score (nSPS) is 11.5. The van der Waals surface area contributed by atoms with E-state index in [2.05, 4.69) is 20.8 Å². The molecule has 0 radical (unpaired) electrons. The number of anilines is 2. The van der Waals surface area contributed by atoms with Crippen molar-refractivity contribution in [2.45, 2.75) is 19.9 Å². The highest BCUT2D eigenvalue weighted by atomic mass is 16.2. The summed E-state index contributed by atoms with van der Waals surface area (Å²) in [6.45, 7) is 3.53. The van der Waals surface area contributed by atoms with Crippen molar-refractivity contribution in [3.05, 3.63) is 83.6 Å². The van der Waals surface area contributed by atoms with Crippen LogP contribution < -0.4 is 10.6 Å². The van der Waals surface area contributed by atoms with Crippen molar-refractivity contribution in [3.63, 3.8) is 0 Å². The molecule has 0 aliphatic rings. The summed E-state index contributed by atoms with van der Waals surface area (Å²) in [6.07, 6.45) is 0. The molecule has 0 fully saturated rings. The number of nitrogens with zero attached hydrogens (tertiary/aromatic N) is 2. The van der Waals surface area contributed by atoms with Crippen LogP contribution in [0.2, 0.25) is 0 Å². The summed E-state index contributed by atoms with van der Waals surface area (Å²) in [7, 11) is 0. The topological polar surface area (TPSA) is 84.0 Å². The molecule has 3 rings (SSSR count). The fourth-order valence-corrected chi connectivity index (χ4v) is 2.56. The lowest BCUT2D eigenvalue weighted by Gasteiger charge is -2.14. The number of hydrogen-bond acceptors (Lipinski definition) is 5. The van der Waals surface area contributed by atoms with Gasteiger partial charge in [0.2, 0.25) is 0 Å². The van der Waals surface area contributed by atoms with E-state index in [4.69, 9.17) is 0 Å². The molecule has 136 valence electrons. The molecule has 1 atom stereocenters. The van der Waals surface area contributed by atoms with E-state index in [0.717, 1.165) is 5.56 Å². The predicted molar refractivity (Wildman–Crippen MR) is 105 cm³/mol. The van der Waals surface area contributed by atoms with E-state index >= 15 is 0 Å². The van der Waals surface area contributed by atoms with Gasteiger partial charge in [-0.05, 0) is 55.8 Å². The molecule has 6 heteroatoms. The van der Waals surface area contributed by atoms with Crippen molar-refractivity contribution in [2.75, 3.05) is 10.6 Å². The summed E-state index contributed by atoms with van der Waals surface area (Å²) in [4.78, 5) is 23.6. The van der Waals surface area contributed by atoms with E-state index < -0.39 is 0 Å². The quantitative estimate of drug-likeness (QED) is 0.647.